The number of rotatable bonds is 2. The molecule has 10 heteroatoms. The first-order valence-corrected chi connectivity index (χ1v) is 11.9. The molecule has 0 saturated heterocycles. The lowest BCUT2D eigenvalue weighted by atomic mass is 9.84. The Hall–Kier alpha value is -4.31. The van der Waals surface area contributed by atoms with Crippen molar-refractivity contribution in [3.05, 3.63) is 85.7 Å². The Morgan fingerprint density at radius 2 is 1.86 bits per heavy atom. The maximum Gasteiger partial charge on any atom is 0.350 e. The molecule has 4 aromatic rings. The van der Waals surface area contributed by atoms with Crippen LogP contribution in [0.5, 0.6) is 0 Å². The second-order valence-electron chi connectivity index (χ2n) is 8.77. The molecule has 0 fully saturated rings. The quantitative estimate of drug-likeness (QED) is 0.387. The van der Waals surface area contributed by atoms with Crippen LogP contribution in [-0.4, -0.2) is 36.9 Å². The molecule has 2 aromatic carbocycles. The third-order valence-corrected chi connectivity index (χ3v) is 7.88. The largest absolute Gasteiger partial charge is 0.465 e. The number of methoxy groups -OCH3 is 1. The second-order valence-corrected chi connectivity index (χ2v) is 9.75. The number of amides is 2. The number of aromatic nitrogens is 1. The maximum absolute atomic E-state index is 14.2. The summed E-state index contributed by atoms with van der Waals surface area (Å²) in [5, 5.41) is 0.357. The highest BCUT2D eigenvalue weighted by Gasteiger charge is 2.66. The number of anilines is 2. The average molecular weight is 502 g/mol. The topological polar surface area (TPSA) is 110 Å². The van der Waals surface area contributed by atoms with E-state index in [1.54, 1.807) is 56.4 Å². The van der Waals surface area contributed by atoms with Gasteiger partial charge in [-0.15, -0.1) is 0 Å². The molecular formula is C26H19N3O6S. The zero-order chi connectivity index (χ0) is 25.5. The van der Waals surface area contributed by atoms with Gasteiger partial charge >= 0.3 is 5.97 Å². The van der Waals surface area contributed by atoms with Crippen LogP contribution in [0.1, 0.15) is 42.6 Å². The lowest BCUT2D eigenvalue weighted by molar-refractivity contribution is -0.121. The Kier molecular flexibility index (Phi) is 4.52. The summed E-state index contributed by atoms with van der Waals surface area (Å²) in [4.78, 5) is 61.8. The summed E-state index contributed by atoms with van der Waals surface area (Å²) in [5.74, 6) is -2.02. The van der Waals surface area contributed by atoms with Gasteiger partial charge in [0.15, 0.2) is 16.1 Å². The number of para-hydroxylation sites is 1. The van der Waals surface area contributed by atoms with Crippen molar-refractivity contribution in [1.82, 2.24) is 4.98 Å². The second kappa shape index (κ2) is 7.34. The van der Waals surface area contributed by atoms with Crippen molar-refractivity contribution in [3.8, 4) is 0 Å². The van der Waals surface area contributed by atoms with Crippen molar-refractivity contribution in [2.45, 2.75) is 19.4 Å². The number of likely N-dealkylation sites (N-methyl/N-ethyl adjacent to an activating group) is 1. The van der Waals surface area contributed by atoms with Gasteiger partial charge in [0.05, 0.1) is 23.8 Å². The molecule has 1 atom stereocenters. The summed E-state index contributed by atoms with van der Waals surface area (Å²) in [5.41, 5.74) is 0.0626. The van der Waals surface area contributed by atoms with E-state index in [1.807, 2.05) is 6.92 Å². The summed E-state index contributed by atoms with van der Waals surface area (Å²) >= 11 is 0.920. The molecule has 0 bridgehead atoms. The number of aryl methyl sites for hydroxylation is 2. The Labute approximate surface area is 208 Å². The van der Waals surface area contributed by atoms with Crippen molar-refractivity contribution < 1.29 is 23.5 Å². The van der Waals surface area contributed by atoms with Crippen LogP contribution >= 0.6 is 11.3 Å². The van der Waals surface area contributed by atoms with Gasteiger partial charge in [-0.25, -0.2) is 9.78 Å². The fourth-order valence-corrected chi connectivity index (χ4v) is 6.18. The highest BCUT2D eigenvalue weighted by atomic mass is 32.1. The number of esters is 1. The van der Waals surface area contributed by atoms with Gasteiger partial charge in [-0.05, 0) is 32.0 Å². The SMILES string of the molecule is COC(=O)c1sc(N2C(=O)c3oc4ccc(C)cc4c(=O)c3C23C(=O)N(C)c2ccccc23)nc1C. The van der Waals surface area contributed by atoms with Crippen molar-refractivity contribution in [2.75, 3.05) is 24.0 Å². The van der Waals surface area contributed by atoms with Crippen LogP contribution in [0, 0.1) is 13.8 Å². The molecule has 36 heavy (non-hydrogen) atoms. The van der Waals surface area contributed by atoms with Crippen LogP contribution in [0.4, 0.5) is 10.8 Å². The lowest BCUT2D eigenvalue weighted by Crippen LogP contribution is -2.53. The van der Waals surface area contributed by atoms with Gasteiger partial charge in [0.2, 0.25) is 5.76 Å². The molecule has 0 saturated carbocycles. The van der Waals surface area contributed by atoms with E-state index in [1.165, 1.54) is 16.9 Å². The van der Waals surface area contributed by atoms with Crippen molar-refractivity contribution in [3.63, 3.8) is 0 Å². The highest BCUT2D eigenvalue weighted by molar-refractivity contribution is 7.17. The van der Waals surface area contributed by atoms with Crippen LogP contribution in [0.25, 0.3) is 11.0 Å². The minimum absolute atomic E-state index is 0.0557. The van der Waals surface area contributed by atoms with Crippen LogP contribution in [-0.2, 0) is 15.1 Å². The minimum Gasteiger partial charge on any atom is -0.465 e. The first-order chi connectivity index (χ1) is 17.2. The van der Waals surface area contributed by atoms with Crippen LogP contribution < -0.4 is 15.2 Å². The van der Waals surface area contributed by atoms with E-state index < -0.39 is 28.8 Å². The number of hydrogen-bond acceptors (Lipinski definition) is 8. The highest BCUT2D eigenvalue weighted by Crippen LogP contribution is 2.54. The molecule has 2 aromatic heterocycles. The molecule has 1 unspecified atom stereocenters. The van der Waals surface area contributed by atoms with Crippen molar-refractivity contribution >= 4 is 50.9 Å². The predicted octanol–water partition coefficient (Wildman–Crippen LogP) is 3.53. The molecule has 9 nitrogen and oxygen atoms in total. The van der Waals surface area contributed by atoms with E-state index in [4.69, 9.17) is 9.15 Å². The number of benzene rings is 2. The molecule has 2 aliphatic rings. The first kappa shape index (κ1) is 22.2. The number of ether oxygens (including phenoxy) is 1. The van der Waals surface area contributed by atoms with Crippen LogP contribution in [0.15, 0.2) is 51.7 Å². The van der Waals surface area contributed by atoms with Gasteiger partial charge in [0.25, 0.3) is 11.8 Å². The molecule has 180 valence electrons. The number of hydrogen-bond donors (Lipinski definition) is 0. The normalized spacial score (nSPS) is 18.3. The molecule has 0 N–H and O–H groups in total. The Morgan fingerprint density at radius 1 is 1.11 bits per heavy atom. The molecule has 0 aliphatic carbocycles. The monoisotopic (exact) mass is 501 g/mol. The summed E-state index contributed by atoms with van der Waals surface area (Å²) < 4.78 is 10.9. The fraction of sp³-hybridized carbons (Fsp3) is 0.192. The predicted molar refractivity (Wildman–Crippen MR) is 133 cm³/mol. The van der Waals surface area contributed by atoms with Crippen LogP contribution in [0.3, 0.4) is 0 Å². The smallest absolute Gasteiger partial charge is 0.350 e. The summed E-state index contributed by atoms with van der Waals surface area (Å²) in [7, 11) is 2.84. The molecule has 0 radical (unpaired) electrons. The zero-order valence-corrected chi connectivity index (χ0v) is 20.6. The summed E-state index contributed by atoms with van der Waals surface area (Å²) in [6.45, 7) is 3.46. The lowest BCUT2D eigenvalue weighted by Gasteiger charge is -2.31. The van der Waals surface area contributed by atoms with E-state index in [9.17, 15) is 19.2 Å². The standard InChI is InChI=1S/C26H19N3O6S/c1-12-9-10-17-14(11-12)19(30)18-20(35-17)22(31)29(25-27-13(2)21(36-25)23(32)34-4)26(18)15-7-5-6-8-16(15)28(3)24(26)33/h5-11H,1-4H3. The van der Waals surface area contributed by atoms with Crippen molar-refractivity contribution in [1.29, 1.82) is 0 Å². The van der Waals surface area contributed by atoms with Crippen molar-refractivity contribution in [2.24, 2.45) is 0 Å². The van der Waals surface area contributed by atoms with E-state index in [-0.39, 0.29) is 32.3 Å². The van der Waals surface area contributed by atoms with E-state index in [0.29, 0.717) is 16.9 Å². The Morgan fingerprint density at radius 3 is 2.61 bits per heavy atom. The summed E-state index contributed by atoms with van der Waals surface area (Å²) in [6, 6.07) is 12.1. The van der Waals surface area contributed by atoms with Gasteiger partial charge in [-0.3, -0.25) is 19.3 Å². The third kappa shape index (κ3) is 2.56. The van der Waals surface area contributed by atoms with E-state index in [2.05, 4.69) is 4.98 Å². The molecule has 2 aliphatic heterocycles. The Balaban J connectivity index is 1.76. The first-order valence-electron chi connectivity index (χ1n) is 11.1. The summed E-state index contributed by atoms with van der Waals surface area (Å²) in [6.07, 6.45) is 0. The molecular weight excluding hydrogens is 482 g/mol. The number of carbonyl (C=O) groups excluding carboxylic acids is 3. The van der Waals surface area contributed by atoms with E-state index >= 15 is 0 Å². The van der Waals surface area contributed by atoms with Gasteiger partial charge in [-0.1, -0.05) is 41.2 Å². The number of nitrogens with zero attached hydrogens (tertiary/aromatic N) is 3. The van der Waals surface area contributed by atoms with Gasteiger partial charge < -0.3 is 14.1 Å². The van der Waals surface area contributed by atoms with Gasteiger partial charge in [0.1, 0.15) is 10.5 Å². The molecule has 6 rings (SSSR count). The van der Waals surface area contributed by atoms with Gasteiger partial charge in [-0.2, -0.15) is 0 Å². The number of carbonyl (C=O) groups is 3. The number of thiazole rings is 1. The Bertz CT molecular complexity index is 1720. The molecule has 4 heterocycles. The average Bonchev–Trinajstić information content (AvgIpc) is 3.45. The zero-order valence-electron chi connectivity index (χ0n) is 19.7. The molecule has 2 amide bonds. The maximum atomic E-state index is 14.2. The fourth-order valence-electron chi connectivity index (χ4n) is 5.14. The minimum atomic E-state index is -1.84. The van der Waals surface area contributed by atoms with E-state index in [0.717, 1.165) is 16.9 Å². The number of fused-ring (bicyclic) bond motifs is 5. The van der Waals surface area contributed by atoms with Gasteiger partial charge in [0, 0.05) is 18.3 Å². The molecule has 1 spiro atoms. The van der Waals surface area contributed by atoms with Crippen LogP contribution in [0.2, 0.25) is 0 Å². The third-order valence-electron chi connectivity index (χ3n) is 6.76.